The van der Waals surface area contributed by atoms with Gasteiger partial charge in [0, 0.05) is 32.6 Å². The minimum atomic E-state index is -0.319. The molecule has 5 nitrogen and oxygen atoms in total. The molecule has 1 aromatic rings. The van der Waals surface area contributed by atoms with Gasteiger partial charge in [0.05, 0.1) is 5.69 Å². The first-order valence-electron chi connectivity index (χ1n) is 9.21. The summed E-state index contributed by atoms with van der Waals surface area (Å²) in [6.07, 6.45) is 8.88. The molecule has 1 amide bonds. The second kappa shape index (κ2) is 7.90. The van der Waals surface area contributed by atoms with Crippen molar-refractivity contribution in [3.05, 3.63) is 17.8 Å². The second-order valence-corrected chi connectivity index (χ2v) is 6.87. The third-order valence-electron chi connectivity index (χ3n) is 5.35. The molecule has 0 bridgehead atoms. The number of carbonyl (C=O) groups excluding carboxylic acids is 1. The van der Waals surface area contributed by atoms with E-state index in [-0.39, 0.29) is 11.7 Å². The lowest BCUT2D eigenvalue weighted by Gasteiger charge is -2.35. The standard InChI is InChI=1S/C18H27FN4O/c1-2-15-17(19)18(21-13-20-15)23-11-9-22(10-12-23)16(24)8-7-14-5-3-4-6-14/h13-14H,2-12H2,1H3. The molecule has 2 aliphatic rings. The van der Waals surface area contributed by atoms with E-state index in [1.54, 1.807) is 0 Å². The van der Waals surface area contributed by atoms with Gasteiger partial charge in [-0.2, -0.15) is 0 Å². The number of halogens is 1. The highest BCUT2D eigenvalue weighted by Crippen LogP contribution is 2.29. The monoisotopic (exact) mass is 334 g/mol. The van der Waals surface area contributed by atoms with Crippen molar-refractivity contribution in [2.75, 3.05) is 31.1 Å². The van der Waals surface area contributed by atoms with Gasteiger partial charge in [0.25, 0.3) is 0 Å². The van der Waals surface area contributed by atoms with Crippen molar-refractivity contribution in [3.63, 3.8) is 0 Å². The second-order valence-electron chi connectivity index (χ2n) is 6.87. The van der Waals surface area contributed by atoms with Crippen LogP contribution < -0.4 is 4.90 Å². The molecule has 1 saturated heterocycles. The van der Waals surface area contributed by atoms with Crippen molar-refractivity contribution in [1.82, 2.24) is 14.9 Å². The number of aromatic nitrogens is 2. The average Bonchev–Trinajstić information content (AvgIpc) is 3.14. The first-order valence-corrected chi connectivity index (χ1v) is 9.21. The Kier molecular flexibility index (Phi) is 5.63. The average molecular weight is 334 g/mol. The van der Waals surface area contributed by atoms with Gasteiger partial charge in [0.1, 0.15) is 6.33 Å². The molecule has 0 unspecified atom stereocenters. The maximum atomic E-state index is 14.4. The Bertz CT molecular complexity index is 566. The van der Waals surface area contributed by atoms with E-state index >= 15 is 0 Å². The first-order chi connectivity index (χ1) is 11.7. The van der Waals surface area contributed by atoms with Gasteiger partial charge in [-0.3, -0.25) is 4.79 Å². The van der Waals surface area contributed by atoms with Crippen LogP contribution in [0.15, 0.2) is 6.33 Å². The quantitative estimate of drug-likeness (QED) is 0.831. The van der Waals surface area contributed by atoms with Crippen LogP contribution >= 0.6 is 0 Å². The van der Waals surface area contributed by atoms with E-state index in [2.05, 4.69) is 9.97 Å². The van der Waals surface area contributed by atoms with E-state index in [9.17, 15) is 9.18 Å². The number of carbonyl (C=O) groups is 1. The molecule has 2 fully saturated rings. The largest absolute Gasteiger partial charge is 0.351 e. The Morgan fingerprint density at radius 2 is 1.92 bits per heavy atom. The fraction of sp³-hybridized carbons (Fsp3) is 0.722. The van der Waals surface area contributed by atoms with Crippen LogP contribution in [-0.2, 0) is 11.2 Å². The molecule has 1 aliphatic carbocycles. The van der Waals surface area contributed by atoms with Crippen molar-refractivity contribution in [2.45, 2.75) is 51.9 Å². The van der Waals surface area contributed by atoms with E-state index in [1.165, 1.54) is 32.0 Å². The molecule has 0 N–H and O–H groups in total. The predicted molar refractivity (Wildman–Crippen MR) is 91.4 cm³/mol. The van der Waals surface area contributed by atoms with Crippen LogP contribution in [0, 0.1) is 11.7 Å². The predicted octanol–water partition coefficient (Wildman–Crippen LogP) is 2.80. The molecule has 6 heteroatoms. The lowest BCUT2D eigenvalue weighted by atomic mass is 10.0. The van der Waals surface area contributed by atoms with Crippen molar-refractivity contribution in [2.24, 2.45) is 5.92 Å². The third-order valence-corrected chi connectivity index (χ3v) is 5.35. The molecule has 0 atom stereocenters. The van der Waals surface area contributed by atoms with Gasteiger partial charge in [0.15, 0.2) is 11.6 Å². The molecular weight excluding hydrogens is 307 g/mol. The zero-order valence-corrected chi connectivity index (χ0v) is 14.5. The number of aryl methyl sites for hydroxylation is 1. The fourth-order valence-electron chi connectivity index (χ4n) is 3.82. The molecule has 2 heterocycles. The Morgan fingerprint density at radius 3 is 2.58 bits per heavy atom. The maximum absolute atomic E-state index is 14.4. The lowest BCUT2D eigenvalue weighted by molar-refractivity contribution is -0.131. The minimum absolute atomic E-state index is 0.249. The number of amides is 1. The van der Waals surface area contributed by atoms with Gasteiger partial charge in [0.2, 0.25) is 5.91 Å². The molecule has 1 saturated carbocycles. The highest BCUT2D eigenvalue weighted by molar-refractivity contribution is 5.76. The Labute approximate surface area is 143 Å². The van der Waals surface area contributed by atoms with Gasteiger partial charge in [-0.05, 0) is 18.8 Å². The van der Waals surface area contributed by atoms with Gasteiger partial charge >= 0.3 is 0 Å². The van der Waals surface area contributed by atoms with E-state index in [0.717, 1.165) is 12.3 Å². The third kappa shape index (κ3) is 3.84. The molecule has 0 radical (unpaired) electrons. The number of nitrogens with zero attached hydrogens (tertiary/aromatic N) is 4. The SMILES string of the molecule is CCc1ncnc(N2CCN(C(=O)CCC3CCCC3)CC2)c1F. The summed E-state index contributed by atoms with van der Waals surface area (Å²) in [7, 11) is 0. The Balaban J connectivity index is 1.51. The smallest absolute Gasteiger partial charge is 0.222 e. The first kappa shape index (κ1) is 17.1. The normalized spacial score (nSPS) is 19.1. The number of anilines is 1. The zero-order chi connectivity index (χ0) is 16.9. The highest BCUT2D eigenvalue weighted by Gasteiger charge is 2.25. The molecule has 3 rings (SSSR count). The van der Waals surface area contributed by atoms with Gasteiger partial charge in [-0.25, -0.2) is 14.4 Å². The summed E-state index contributed by atoms with van der Waals surface area (Å²) >= 11 is 0. The van der Waals surface area contributed by atoms with Crippen molar-refractivity contribution in [3.8, 4) is 0 Å². The van der Waals surface area contributed by atoms with Crippen LogP contribution in [0.3, 0.4) is 0 Å². The zero-order valence-electron chi connectivity index (χ0n) is 14.5. The lowest BCUT2D eigenvalue weighted by Crippen LogP contribution is -2.49. The van der Waals surface area contributed by atoms with Crippen molar-refractivity contribution < 1.29 is 9.18 Å². The fourth-order valence-corrected chi connectivity index (χ4v) is 3.82. The van der Waals surface area contributed by atoms with Gasteiger partial charge in [-0.15, -0.1) is 0 Å². The summed E-state index contributed by atoms with van der Waals surface area (Å²) in [5.74, 6) is 1.05. The van der Waals surface area contributed by atoms with Crippen molar-refractivity contribution >= 4 is 11.7 Å². The topological polar surface area (TPSA) is 49.3 Å². The van der Waals surface area contributed by atoms with Crippen LogP contribution in [0.25, 0.3) is 0 Å². The molecule has 24 heavy (non-hydrogen) atoms. The van der Waals surface area contributed by atoms with Crippen molar-refractivity contribution in [1.29, 1.82) is 0 Å². The van der Waals surface area contributed by atoms with Crippen LogP contribution in [0.1, 0.15) is 51.1 Å². The Hall–Kier alpha value is -1.72. The van der Waals surface area contributed by atoms with Gasteiger partial charge in [-0.1, -0.05) is 32.6 Å². The van der Waals surface area contributed by atoms with Crippen LogP contribution in [0.4, 0.5) is 10.2 Å². The van der Waals surface area contributed by atoms with E-state index in [4.69, 9.17) is 0 Å². The minimum Gasteiger partial charge on any atom is -0.351 e. The van der Waals surface area contributed by atoms with E-state index < -0.39 is 0 Å². The number of piperazine rings is 1. The molecule has 1 aromatic heterocycles. The number of hydrogen-bond donors (Lipinski definition) is 0. The van der Waals surface area contributed by atoms with Crippen LogP contribution in [0.2, 0.25) is 0 Å². The summed E-state index contributed by atoms with van der Waals surface area (Å²) in [6, 6.07) is 0. The number of rotatable bonds is 5. The molecule has 0 spiro atoms. The summed E-state index contributed by atoms with van der Waals surface area (Å²) in [6.45, 7) is 4.44. The summed E-state index contributed by atoms with van der Waals surface area (Å²) in [5.41, 5.74) is 0.454. The molecule has 1 aliphatic heterocycles. The van der Waals surface area contributed by atoms with Gasteiger partial charge < -0.3 is 9.80 Å². The summed E-state index contributed by atoms with van der Waals surface area (Å²) < 4.78 is 14.4. The maximum Gasteiger partial charge on any atom is 0.222 e. The van der Waals surface area contributed by atoms with Crippen LogP contribution in [0.5, 0.6) is 0 Å². The van der Waals surface area contributed by atoms with E-state index in [0.29, 0.717) is 50.5 Å². The van der Waals surface area contributed by atoms with Crippen LogP contribution in [-0.4, -0.2) is 47.0 Å². The van der Waals surface area contributed by atoms with E-state index in [1.807, 2.05) is 16.7 Å². The molecule has 0 aromatic carbocycles. The Morgan fingerprint density at radius 1 is 1.21 bits per heavy atom. The number of hydrogen-bond acceptors (Lipinski definition) is 4. The molecule has 132 valence electrons. The molecular formula is C18H27FN4O. The highest BCUT2D eigenvalue weighted by atomic mass is 19.1. The summed E-state index contributed by atoms with van der Waals surface area (Å²) in [4.78, 5) is 24.3. The summed E-state index contributed by atoms with van der Waals surface area (Å²) in [5, 5.41) is 0.